The van der Waals surface area contributed by atoms with E-state index in [0.29, 0.717) is 6.42 Å². The summed E-state index contributed by atoms with van der Waals surface area (Å²) >= 11 is 0. The van der Waals surface area contributed by atoms with Gasteiger partial charge >= 0.3 is 6.09 Å². The molecule has 4 nitrogen and oxygen atoms in total. The average Bonchev–Trinajstić information content (AvgIpc) is 2.61. The van der Waals surface area contributed by atoms with E-state index in [2.05, 4.69) is 11.4 Å². The van der Waals surface area contributed by atoms with Crippen LogP contribution in [0.3, 0.4) is 0 Å². The van der Waals surface area contributed by atoms with Gasteiger partial charge in [-0.1, -0.05) is 54.6 Å². The van der Waals surface area contributed by atoms with Crippen molar-refractivity contribution in [2.45, 2.75) is 25.5 Å². The lowest BCUT2D eigenvalue weighted by Gasteiger charge is -2.27. The molecule has 2 aromatic rings. The number of amides is 1. The number of fused-ring (bicyclic) bond motifs is 1. The second kappa shape index (κ2) is 7.47. The molecule has 0 aromatic heterocycles. The van der Waals surface area contributed by atoms with Crippen molar-refractivity contribution in [2.75, 3.05) is 0 Å². The fraction of sp³-hybridized carbons (Fsp3) is 0.200. The summed E-state index contributed by atoms with van der Waals surface area (Å²) in [7, 11) is 0. The van der Waals surface area contributed by atoms with Gasteiger partial charge in [0.15, 0.2) is 0 Å². The van der Waals surface area contributed by atoms with Crippen LogP contribution in [-0.2, 0) is 17.8 Å². The Morgan fingerprint density at radius 3 is 2.71 bits per heavy atom. The Labute approximate surface area is 141 Å². The number of hydrogen-bond donors (Lipinski definition) is 1. The standard InChI is InChI=1S/C20H18N2O2/c21-11-10-17-13-18(12-16-8-4-5-9-19(16)17)22-20(23)24-14-15-6-2-1-3-7-15/h1-10,18H,12-14H2,(H,22,23)/b17-10+. The minimum absolute atomic E-state index is 0.0669. The molecule has 1 aliphatic carbocycles. The van der Waals surface area contributed by atoms with Gasteiger partial charge in [-0.05, 0) is 35.1 Å². The maximum Gasteiger partial charge on any atom is 0.407 e. The van der Waals surface area contributed by atoms with Crippen LogP contribution in [0.15, 0.2) is 60.7 Å². The number of hydrogen-bond acceptors (Lipinski definition) is 3. The number of allylic oxidation sites excluding steroid dienone is 1. The largest absolute Gasteiger partial charge is 0.445 e. The Bertz CT molecular complexity index is 791. The van der Waals surface area contributed by atoms with E-state index in [1.54, 1.807) is 6.08 Å². The van der Waals surface area contributed by atoms with Crippen LogP contribution in [0.25, 0.3) is 5.57 Å². The molecular weight excluding hydrogens is 300 g/mol. The summed E-state index contributed by atoms with van der Waals surface area (Å²) < 4.78 is 5.28. The molecule has 1 atom stereocenters. The summed E-state index contributed by atoms with van der Waals surface area (Å²) in [6.45, 7) is 0.247. The topological polar surface area (TPSA) is 62.1 Å². The van der Waals surface area contributed by atoms with Crippen LogP contribution in [0.2, 0.25) is 0 Å². The van der Waals surface area contributed by atoms with Gasteiger partial charge in [-0.2, -0.15) is 5.26 Å². The first-order valence-electron chi connectivity index (χ1n) is 7.90. The number of ether oxygens (including phenoxy) is 1. The molecule has 0 saturated carbocycles. The predicted molar refractivity (Wildman–Crippen MR) is 91.9 cm³/mol. The smallest absolute Gasteiger partial charge is 0.407 e. The molecule has 1 N–H and O–H groups in total. The Hall–Kier alpha value is -3.06. The van der Waals surface area contributed by atoms with Crippen molar-refractivity contribution in [2.24, 2.45) is 0 Å². The van der Waals surface area contributed by atoms with Crippen molar-refractivity contribution in [1.82, 2.24) is 5.32 Å². The van der Waals surface area contributed by atoms with E-state index in [9.17, 15) is 4.79 Å². The summed E-state index contributed by atoms with van der Waals surface area (Å²) in [6.07, 6.45) is 2.49. The van der Waals surface area contributed by atoms with Gasteiger partial charge in [-0.3, -0.25) is 0 Å². The minimum Gasteiger partial charge on any atom is -0.445 e. The lowest BCUT2D eigenvalue weighted by molar-refractivity contribution is 0.135. The molecule has 1 unspecified atom stereocenters. The van der Waals surface area contributed by atoms with Gasteiger partial charge in [0.2, 0.25) is 0 Å². The van der Waals surface area contributed by atoms with Gasteiger partial charge in [-0.25, -0.2) is 4.79 Å². The molecule has 0 saturated heterocycles. The molecule has 0 aliphatic heterocycles. The monoisotopic (exact) mass is 318 g/mol. The van der Waals surface area contributed by atoms with E-state index >= 15 is 0 Å². The number of nitriles is 1. The number of carbonyl (C=O) groups is 1. The first kappa shape index (κ1) is 15.8. The van der Waals surface area contributed by atoms with Crippen LogP contribution in [0.5, 0.6) is 0 Å². The molecular formula is C20H18N2O2. The highest BCUT2D eigenvalue weighted by Gasteiger charge is 2.23. The molecule has 3 rings (SSSR count). The Morgan fingerprint density at radius 2 is 1.92 bits per heavy atom. The maximum absolute atomic E-state index is 12.0. The van der Waals surface area contributed by atoms with Crippen molar-refractivity contribution < 1.29 is 9.53 Å². The van der Waals surface area contributed by atoms with Gasteiger partial charge in [0.25, 0.3) is 0 Å². The molecule has 0 spiro atoms. The number of nitrogens with one attached hydrogen (secondary N) is 1. The second-order valence-electron chi connectivity index (χ2n) is 5.77. The van der Waals surface area contributed by atoms with Gasteiger partial charge in [-0.15, -0.1) is 0 Å². The molecule has 1 amide bonds. The first-order valence-corrected chi connectivity index (χ1v) is 7.90. The molecule has 1 aliphatic rings. The molecule has 2 aromatic carbocycles. The zero-order chi connectivity index (χ0) is 16.8. The van der Waals surface area contributed by atoms with Crippen molar-refractivity contribution in [3.05, 3.63) is 77.4 Å². The van der Waals surface area contributed by atoms with Crippen LogP contribution >= 0.6 is 0 Å². The third-order valence-corrected chi connectivity index (χ3v) is 4.07. The number of benzene rings is 2. The van der Waals surface area contributed by atoms with E-state index in [1.165, 1.54) is 0 Å². The van der Waals surface area contributed by atoms with Crippen LogP contribution in [0, 0.1) is 11.3 Å². The Balaban J connectivity index is 1.63. The molecule has 0 fully saturated rings. The quantitative estimate of drug-likeness (QED) is 0.875. The van der Waals surface area contributed by atoms with E-state index < -0.39 is 6.09 Å². The zero-order valence-electron chi connectivity index (χ0n) is 13.2. The van der Waals surface area contributed by atoms with Gasteiger partial charge in [0.1, 0.15) is 6.61 Å². The van der Waals surface area contributed by atoms with Gasteiger partial charge in [0.05, 0.1) is 6.07 Å². The Morgan fingerprint density at radius 1 is 1.17 bits per heavy atom. The molecule has 120 valence electrons. The predicted octanol–water partition coefficient (Wildman–Crippen LogP) is 3.83. The maximum atomic E-state index is 12.0. The SMILES string of the molecule is N#C/C=C1\CC(NC(=O)OCc2ccccc2)Cc2ccccc21. The van der Waals surface area contributed by atoms with Crippen LogP contribution in [0.4, 0.5) is 4.79 Å². The summed E-state index contributed by atoms with van der Waals surface area (Å²) in [5.41, 5.74) is 4.13. The van der Waals surface area contributed by atoms with E-state index in [-0.39, 0.29) is 12.6 Å². The molecule has 0 heterocycles. The fourth-order valence-electron chi connectivity index (χ4n) is 2.97. The summed E-state index contributed by atoms with van der Waals surface area (Å²) in [5.74, 6) is 0. The van der Waals surface area contributed by atoms with Crippen LogP contribution < -0.4 is 5.32 Å². The van der Waals surface area contributed by atoms with Crippen molar-refractivity contribution in [3.63, 3.8) is 0 Å². The lowest BCUT2D eigenvalue weighted by atomic mass is 9.84. The summed E-state index contributed by atoms with van der Waals surface area (Å²) in [5, 5.41) is 11.9. The van der Waals surface area contributed by atoms with Crippen molar-refractivity contribution in [3.8, 4) is 6.07 Å². The number of rotatable bonds is 3. The van der Waals surface area contributed by atoms with Gasteiger partial charge < -0.3 is 10.1 Å². The average molecular weight is 318 g/mol. The van der Waals surface area contributed by atoms with E-state index in [0.717, 1.165) is 28.7 Å². The highest BCUT2D eigenvalue weighted by Crippen LogP contribution is 2.30. The number of alkyl carbamates (subject to hydrolysis) is 1. The summed E-state index contributed by atoms with van der Waals surface area (Å²) in [4.78, 5) is 12.0. The molecule has 4 heteroatoms. The second-order valence-corrected chi connectivity index (χ2v) is 5.77. The highest BCUT2D eigenvalue weighted by atomic mass is 16.5. The van der Waals surface area contributed by atoms with Crippen LogP contribution in [0.1, 0.15) is 23.1 Å². The van der Waals surface area contributed by atoms with Gasteiger partial charge in [0, 0.05) is 12.1 Å². The number of nitrogens with zero attached hydrogens (tertiary/aromatic N) is 1. The first-order chi connectivity index (χ1) is 11.8. The molecule has 0 radical (unpaired) electrons. The summed E-state index contributed by atoms with van der Waals surface area (Å²) in [6, 6.07) is 19.6. The lowest BCUT2D eigenvalue weighted by Crippen LogP contribution is -2.38. The third-order valence-electron chi connectivity index (χ3n) is 4.07. The van der Waals surface area contributed by atoms with E-state index in [4.69, 9.17) is 10.00 Å². The van der Waals surface area contributed by atoms with E-state index in [1.807, 2.05) is 54.6 Å². The normalized spacial score (nSPS) is 17.6. The third kappa shape index (κ3) is 3.82. The molecule has 0 bridgehead atoms. The van der Waals surface area contributed by atoms with Crippen LogP contribution in [-0.4, -0.2) is 12.1 Å². The fourth-order valence-corrected chi connectivity index (χ4v) is 2.97. The Kier molecular flexibility index (Phi) is 4.93. The zero-order valence-corrected chi connectivity index (χ0v) is 13.2. The number of carbonyl (C=O) groups excluding carboxylic acids is 1. The molecule has 24 heavy (non-hydrogen) atoms. The van der Waals surface area contributed by atoms with Crippen molar-refractivity contribution in [1.29, 1.82) is 5.26 Å². The highest BCUT2D eigenvalue weighted by molar-refractivity contribution is 5.74. The minimum atomic E-state index is -0.431. The van der Waals surface area contributed by atoms with Crippen molar-refractivity contribution >= 4 is 11.7 Å².